The molecule has 0 bridgehead atoms. The van der Waals surface area contributed by atoms with E-state index in [1.807, 2.05) is 33.7 Å². The number of piperidine rings is 1. The predicted octanol–water partition coefficient (Wildman–Crippen LogP) is 2.95. The Morgan fingerprint density at radius 2 is 1.73 bits per heavy atom. The van der Waals surface area contributed by atoms with E-state index in [2.05, 4.69) is 44.3 Å². The molecule has 2 fully saturated rings. The second-order valence-electron chi connectivity index (χ2n) is 7.98. The van der Waals surface area contributed by atoms with Gasteiger partial charge >= 0.3 is 0 Å². The SMILES string of the molecule is O=C([C@@H]1CCCN(c2nnc3c(Cl)cccn23)C1)N1CCN(c2ccccc2)CC1. The van der Waals surface area contributed by atoms with Gasteiger partial charge < -0.3 is 14.7 Å². The second kappa shape index (κ2) is 8.14. The number of carbonyl (C=O) groups is 1. The minimum atomic E-state index is -0.00596. The van der Waals surface area contributed by atoms with Gasteiger partial charge in [-0.25, -0.2) is 0 Å². The van der Waals surface area contributed by atoms with E-state index in [9.17, 15) is 4.79 Å². The van der Waals surface area contributed by atoms with E-state index in [0.29, 0.717) is 17.2 Å². The highest BCUT2D eigenvalue weighted by Crippen LogP contribution is 2.26. The molecule has 0 spiro atoms. The number of rotatable bonds is 3. The van der Waals surface area contributed by atoms with Crippen LogP contribution in [0, 0.1) is 5.92 Å². The van der Waals surface area contributed by atoms with Crippen molar-refractivity contribution in [3.63, 3.8) is 0 Å². The zero-order valence-electron chi connectivity index (χ0n) is 16.8. The maximum Gasteiger partial charge on any atom is 0.231 e. The Labute approximate surface area is 180 Å². The first-order valence-electron chi connectivity index (χ1n) is 10.5. The van der Waals surface area contributed by atoms with Crippen molar-refractivity contribution in [1.29, 1.82) is 0 Å². The molecule has 2 aromatic heterocycles. The number of aromatic nitrogens is 3. The molecule has 156 valence electrons. The molecule has 8 heteroatoms. The van der Waals surface area contributed by atoms with Crippen molar-refractivity contribution in [3.8, 4) is 0 Å². The summed E-state index contributed by atoms with van der Waals surface area (Å²) in [4.78, 5) is 19.8. The average Bonchev–Trinajstić information content (AvgIpc) is 3.25. The molecule has 2 aliphatic rings. The monoisotopic (exact) mass is 424 g/mol. The van der Waals surface area contributed by atoms with Gasteiger partial charge in [0.15, 0.2) is 5.65 Å². The van der Waals surface area contributed by atoms with Gasteiger partial charge in [-0.3, -0.25) is 9.20 Å². The van der Waals surface area contributed by atoms with Crippen LogP contribution in [-0.4, -0.2) is 64.7 Å². The fourth-order valence-corrected chi connectivity index (χ4v) is 4.73. The van der Waals surface area contributed by atoms with Gasteiger partial charge in [-0.15, -0.1) is 10.2 Å². The minimum absolute atomic E-state index is 0.00596. The van der Waals surface area contributed by atoms with Crippen molar-refractivity contribution < 1.29 is 4.79 Å². The molecule has 1 amide bonds. The smallest absolute Gasteiger partial charge is 0.231 e. The van der Waals surface area contributed by atoms with Gasteiger partial charge in [-0.1, -0.05) is 29.8 Å². The van der Waals surface area contributed by atoms with Crippen LogP contribution in [0.25, 0.3) is 5.65 Å². The van der Waals surface area contributed by atoms with Gasteiger partial charge in [0.1, 0.15) is 0 Å². The summed E-state index contributed by atoms with van der Waals surface area (Å²) in [5.74, 6) is 1.02. The highest BCUT2D eigenvalue weighted by Gasteiger charge is 2.32. The Kier molecular flexibility index (Phi) is 5.21. The van der Waals surface area contributed by atoms with E-state index in [1.165, 1.54) is 5.69 Å². The number of hydrogen-bond acceptors (Lipinski definition) is 5. The number of hydrogen-bond donors (Lipinski definition) is 0. The molecule has 0 N–H and O–H groups in total. The highest BCUT2D eigenvalue weighted by molar-refractivity contribution is 6.33. The summed E-state index contributed by atoms with van der Waals surface area (Å²) in [7, 11) is 0. The van der Waals surface area contributed by atoms with E-state index in [4.69, 9.17) is 11.6 Å². The van der Waals surface area contributed by atoms with Gasteiger partial charge in [-0.05, 0) is 37.1 Å². The lowest BCUT2D eigenvalue weighted by atomic mass is 9.96. The van der Waals surface area contributed by atoms with E-state index >= 15 is 0 Å². The number of fused-ring (bicyclic) bond motifs is 1. The van der Waals surface area contributed by atoms with Crippen molar-refractivity contribution in [3.05, 3.63) is 53.7 Å². The number of halogens is 1. The molecule has 0 aliphatic carbocycles. The molecule has 3 aromatic rings. The zero-order chi connectivity index (χ0) is 20.5. The first-order chi connectivity index (χ1) is 14.7. The average molecular weight is 425 g/mol. The number of benzene rings is 1. The van der Waals surface area contributed by atoms with E-state index in [0.717, 1.165) is 51.5 Å². The number of piperazine rings is 1. The predicted molar refractivity (Wildman–Crippen MR) is 118 cm³/mol. The largest absolute Gasteiger partial charge is 0.368 e. The summed E-state index contributed by atoms with van der Waals surface area (Å²) >= 11 is 6.24. The Morgan fingerprint density at radius 3 is 2.53 bits per heavy atom. The van der Waals surface area contributed by atoms with E-state index in [1.54, 1.807) is 0 Å². The topological polar surface area (TPSA) is 57.0 Å². The molecule has 7 nitrogen and oxygen atoms in total. The third kappa shape index (κ3) is 3.58. The van der Waals surface area contributed by atoms with Crippen molar-refractivity contribution in [2.45, 2.75) is 12.8 Å². The first-order valence-corrected chi connectivity index (χ1v) is 10.9. The molecule has 1 aromatic carbocycles. The maximum absolute atomic E-state index is 13.2. The molecule has 0 radical (unpaired) electrons. The molecule has 30 heavy (non-hydrogen) atoms. The van der Waals surface area contributed by atoms with Crippen LogP contribution in [0.2, 0.25) is 5.02 Å². The number of carbonyl (C=O) groups excluding carboxylic acids is 1. The van der Waals surface area contributed by atoms with Crippen molar-refractivity contribution >= 4 is 34.8 Å². The Morgan fingerprint density at radius 1 is 0.933 bits per heavy atom. The summed E-state index contributed by atoms with van der Waals surface area (Å²) in [6.45, 7) is 4.84. The van der Waals surface area contributed by atoms with Crippen LogP contribution in [0.1, 0.15) is 12.8 Å². The van der Waals surface area contributed by atoms with Gasteiger partial charge in [-0.2, -0.15) is 0 Å². The van der Waals surface area contributed by atoms with Crippen LogP contribution in [0.3, 0.4) is 0 Å². The van der Waals surface area contributed by atoms with Crippen LogP contribution >= 0.6 is 11.6 Å². The number of anilines is 2. The van der Waals surface area contributed by atoms with Gasteiger partial charge in [0, 0.05) is 51.2 Å². The second-order valence-corrected chi connectivity index (χ2v) is 8.39. The molecule has 0 saturated carbocycles. The third-order valence-electron chi connectivity index (χ3n) is 6.14. The molecule has 2 saturated heterocycles. The Balaban J connectivity index is 1.25. The molecule has 1 atom stereocenters. The van der Waals surface area contributed by atoms with Gasteiger partial charge in [0.2, 0.25) is 11.9 Å². The normalized spacial score (nSPS) is 20.0. The standard InChI is InChI=1S/C22H25ClN6O/c23-19-9-5-11-29-20(19)24-25-22(29)28-10-4-6-17(16-28)21(30)27-14-12-26(13-15-27)18-7-2-1-3-8-18/h1-3,5,7-9,11,17H,4,6,10,12-16H2/t17-/m1/s1. The third-order valence-corrected chi connectivity index (χ3v) is 6.43. The fourth-order valence-electron chi connectivity index (χ4n) is 4.53. The van der Waals surface area contributed by atoms with Crippen LogP contribution in [0.5, 0.6) is 0 Å². The zero-order valence-corrected chi connectivity index (χ0v) is 17.6. The van der Waals surface area contributed by atoms with E-state index in [-0.39, 0.29) is 11.8 Å². The van der Waals surface area contributed by atoms with Crippen LogP contribution in [0.15, 0.2) is 48.7 Å². The van der Waals surface area contributed by atoms with Crippen molar-refractivity contribution in [1.82, 2.24) is 19.5 Å². The van der Waals surface area contributed by atoms with Crippen molar-refractivity contribution in [2.75, 3.05) is 49.1 Å². The molecule has 5 rings (SSSR count). The quantitative estimate of drug-likeness (QED) is 0.647. The highest BCUT2D eigenvalue weighted by atomic mass is 35.5. The molecular weight excluding hydrogens is 400 g/mol. The van der Waals surface area contributed by atoms with Crippen LogP contribution in [-0.2, 0) is 4.79 Å². The summed E-state index contributed by atoms with van der Waals surface area (Å²) < 4.78 is 1.91. The lowest BCUT2D eigenvalue weighted by Gasteiger charge is -2.39. The molecular formula is C22H25ClN6O. The summed E-state index contributed by atoms with van der Waals surface area (Å²) in [5, 5.41) is 9.16. The minimum Gasteiger partial charge on any atom is -0.368 e. The van der Waals surface area contributed by atoms with Crippen LogP contribution in [0.4, 0.5) is 11.6 Å². The van der Waals surface area contributed by atoms with Gasteiger partial charge in [0.05, 0.1) is 10.9 Å². The molecule has 0 unspecified atom stereocenters. The van der Waals surface area contributed by atoms with Gasteiger partial charge in [0.25, 0.3) is 0 Å². The molecule has 4 heterocycles. The lowest BCUT2D eigenvalue weighted by Crippen LogP contribution is -2.52. The summed E-state index contributed by atoms with van der Waals surface area (Å²) in [6, 6.07) is 14.1. The van der Waals surface area contributed by atoms with Crippen molar-refractivity contribution in [2.24, 2.45) is 5.92 Å². The molecule has 2 aliphatic heterocycles. The lowest BCUT2D eigenvalue weighted by molar-refractivity contribution is -0.136. The first kappa shape index (κ1) is 19.2. The van der Waals surface area contributed by atoms with E-state index < -0.39 is 0 Å². The fraction of sp³-hybridized carbons (Fsp3) is 0.409. The number of amides is 1. The maximum atomic E-state index is 13.2. The number of nitrogens with zero attached hydrogens (tertiary/aromatic N) is 6. The summed E-state index contributed by atoms with van der Waals surface area (Å²) in [5.41, 5.74) is 1.88. The summed E-state index contributed by atoms with van der Waals surface area (Å²) in [6.07, 6.45) is 3.81. The number of pyridine rings is 1. The Bertz CT molecular complexity index is 1030. The van der Waals surface area contributed by atoms with Crippen LogP contribution < -0.4 is 9.80 Å². The number of para-hydroxylation sites is 1. The Hall–Kier alpha value is -2.80.